The van der Waals surface area contributed by atoms with Crippen LogP contribution in [-0.2, 0) is 9.59 Å². The van der Waals surface area contributed by atoms with Gasteiger partial charge < -0.3 is 0 Å². The van der Waals surface area contributed by atoms with Gasteiger partial charge in [0.25, 0.3) is 11.8 Å². The molecule has 0 unspecified atom stereocenters. The van der Waals surface area contributed by atoms with Crippen LogP contribution < -0.4 is 0 Å². The quantitative estimate of drug-likeness (QED) is 0.488. The van der Waals surface area contributed by atoms with Crippen molar-refractivity contribution in [2.75, 3.05) is 7.05 Å². The van der Waals surface area contributed by atoms with Gasteiger partial charge in [-0.3, -0.25) is 14.5 Å². The van der Waals surface area contributed by atoms with Gasteiger partial charge >= 0.3 is 0 Å². The van der Waals surface area contributed by atoms with E-state index in [1.165, 1.54) is 13.1 Å². The normalized spacial score (nSPS) is 16.0. The fourth-order valence-electron chi connectivity index (χ4n) is 0.708. The van der Waals surface area contributed by atoms with Crippen molar-refractivity contribution in [3.63, 3.8) is 0 Å². The zero-order valence-corrected chi connectivity index (χ0v) is 7.34. The van der Waals surface area contributed by atoms with Crippen LogP contribution in [-0.4, -0.2) is 23.8 Å². The maximum absolute atomic E-state index is 10.8. The number of hydrogen-bond donors (Lipinski definition) is 0. The lowest BCUT2D eigenvalue weighted by molar-refractivity contribution is -0.135. The molecular weight excluding hydrogens is 142 g/mol. The molecule has 1 rings (SSSR count). The van der Waals surface area contributed by atoms with Crippen LogP contribution in [0.2, 0.25) is 0 Å². The van der Waals surface area contributed by atoms with Gasteiger partial charge in [0.2, 0.25) is 0 Å². The van der Waals surface area contributed by atoms with Crippen molar-refractivity contribution in [2.24, 2.45) is 0 Å². The number of carbonyl (C=O) groups is 2. The summed E-state index contributed by atoms with van der Waals surface area (Å²) < 4.78 is 0. The van der Waals surface area contributed by atoms with Crippen LogP contribution in [0.15, 0.2) is 11.6 Å². The number of amides is 2. The van der Waals surface area contributed by atoms with E-state index in [1.807, 2.05) is 13.8 Å². The van der Waals surface area contributed by atoms with Crippen molar-refractivity contribution in [3.05, 3.63) is 11.6 Å². The van der Waals surface area contributed by atoms with Crippen LogP contribution in [0.3, 0.4) is 0 Å². The monoisotopic (exact) mass is 155 g/mol. The minimum atomic E-state index is -0.225. The third-order valence-electron chi connectivity index (χ3n) is 1.31. The molecule has 1 aliphatic rings. The van der Waals surface area contributed by atoms with E-state index in [9.17, 15) is 9.59 Å². The summed E-state index contributed by atoms with van der Waals surface area (Å²) in [6, 6.07) is 0. The maximum Gasteiger partial charge on any atom is 0.256 e. The van der Waals surface area contributed by atoms with Crippen LogP contribution in [0, 0.1) is 0 Å². The summed E-state index contributed by atoms with van der Waals surface area (Å²) in [4.78, 5) is 22.5. The van der Waals surface area contributed by atoms with Gasteiger partial charge in [0.15, 0.2) is 0 Å². The van der Waals surface area contributed by atoms with Crippen molar-refractivity contribution in [2.45, 2.75) is 20.8 Å². The molecule has 0 aromatic rings. The second-order valence-corrected chi connectivity index (χ2v) is 2.03. The zero-order valence-electron chi connectivity index (χ0n) is 7.34. The SMILES string of the molecule is CC.CC1=CC(=O)N(C)C1=O. The van der Waals surface area contributed by atoms with Crippen LogP contribution in [0.25, 0.3) is 0 Å². The highest BCUT2D eigenvalue weighted by Crippen LogP contribution is 2.07. The van der Waals surface area contributed by atoms with Crippen molar-refractivity contribution >= 4 is 11.8 Å². The molecule has 0 saturated carbocycles. The molecule has 0 fully saturated rings. The van der Waals surface area contributed by atoms with Crippen LogP contribution >= 0.6 is 0 Å². The Morgan fingerprint density at radius 1 is 1.27 bits per heavy atom. The Morgan fingerprint density at radius 2 is 1.73 bits per heavy atom. The van der Waals surface area contributed by atoms with E-state index in [2.05, 4.69) is 0 Å². The number of hydrogen-bond acceptors (Lipinski definition) is 2. The number of likely N-dealkylation sites (N-methyl/N-ethyl adjacent to an activating group) is 1. The summed E-state index contributed by atoms with van der Waals surface area (Å²) in [6.45, 7) is 5.63. The van der Waals surface area contributed by atoms with Gasteiger partial charge in [-0.25, -0.2) is 0 Å². The first-order chi connectivity index (χ1) is 5.13. The predicted molar refractivity (Wildman–Crippen MR) is 42.9 cm³/mol. The first kappa shape index (κ1) is 9.88. The maximum atomic E-state index is 10.8. The number of imide groups is 1. The van der Waals surface area contributed by atoms with Crippen LogP contribution in [0.4, 0.5) is 0 Å². The largest absolute Gasteiger partial charge is 0.278 e. The summed E-state index contributed by atoms with van der Waals surface area (Å²) in [6.07, 6.45) is 1.34. The van der Waals surface area contributed by atoms with E-state index in [0.29, 0.717) is 5.57 Å². The van der Waals surface area contributed by atoms with Gasteiger partial charge in [0.05, 0.1) is 0 Å². The smallest absolute Gasteiger partial charge is 0.256 e. The Labute approximate surface area is 66.7 Å². The van der Waals surface area contributed by atoms with Crippen LogP contribution in [0.5, 0.6) is 0 Å². The van der Waals surface area contributed by atoms with Crippen molar-refractivity contribution in [1.29, 1.82) is 0 Å². The third kappa shape index (κ3) is 1.90. The molecule has 1 heterocycles. The first-order valence-electron chi connectivity index (χ1n) is 3.63. The molecule has 0 spiro atoms. The van der Waals surface area contributed by atoms with Gasteiger partial charge in [0, 0.05) is 18.7 Å². The molecular formula is C8H13NO2. The number of carbonyl (C=O) groups excluding carboxylic acids is 2. The van der Waals surface area contributed by atoms with Gasteiger partial charge in [-0.15, -0.1) is 0 Å². The second-order valence-electron chi connectivity index (χ2n) is 2.03. The van der Waals surface area contributed by atoms with E-state index in [4.69, 9.17) is 0 Å². The number of nitrogens with zero attached hydrogens (tertiary/aromatic N) is 1. The predicted octanol–water partition coefficient (Wildman–Crippen LogP) is 0.958. The lowest BCUT2D eigenvalue weighted by atomic mass is 10.3. The standard InChI is InChI=1S/C6H7NO2.C2H6/c1-4-3-5(8)7(2)6(4)9;1-2/h3H,1-2H3;1-2H3. The molecule has 3 nitrogen and oxygen atoms in total. The molecule has 11 heavy (non-hydrogen) atoms. The summed E-state index contributed by atoms with van der Waals surface area (Å²) in [5, 5.41) is 0. The van der Waals surface area contributed by atoms with Crippen LogP contribution in [0.1, 0.15) is 20.8 Å². The van der Waals surface area contributed by atoms with Gasteiger partial charge in [-0.2, -0.15) is 0 Å². The fourth-order valence-corrected chi connectivity index (χ4v) is 0.708. The zero-order chi connectivity index (χ0) is 9.02. The lowest BCUT2D eigenvalue weighted by Gasteiger charge is -2.03. The molecule has 0 aliphatic carbocycles. The van der Waals surface area contributed by atoms with E-state index in [0.717, 1.165) is 4.90 Å². The molecule has 2 amide bonds. The lowest BCUT2D eigenvalue weighted by Crippen LogP contribution is -2.25. The Kier molecular flexibility index (Phi) is 3.51. The molecule has 3 heteroatoms. The van der Waals surface area contributed by atoms with Crippen molar-refractivity contribution < 1.29 is 9.59 Å². The molecule has 0 radical (unpaired) electrons. The molecule has 62 valence electrons. The molecule has 0 bridgehead atoms. The second kappa shape index (κ2) is 3.91. The van der Waals surface area contributed by atoms with E-state index < -0.39 is 0 Å². The van der Waals surface area contributed by atoms with Crippen molar-refractivity contribution in [3.8, 4) is 0 Å². The van der Waals surface area contributed by atoms with Gasteiger partial charge in [-0.1, -0.05) is 13.8 Å². The molecule has 1 aliphatic heterocycles. The topological polar surface area (TPSA) is 37.4 Å². The number of rotatable bonds is 0. The Morgan fingerprint density at radius 3 is 1.82 bits per heavy atom. The Balaban J connectivity index is 0.000000461. The highest BCUT2D eigenvalue weighted by molar-refractivity contribution is 6.15. The molecule has 0 saturated heterocycles. The third-order valence-corrected chi connectivity index (χ3v) is 1.31. The summed E-state index contributed by atoms with van der Waals surface area (Å²) in [5.41, 5.74) is 0.516. The first-order valence-corrected chi connectivity index (χ1v) is 3.63. The van der Waals surface area contributed by atoms with E-state index in [1.54, 1.807) is 6.92 Å². The molecule has 0 N–H and O–H groups in total. The Bertz CT molecular complexity index is 206. The average Bonchev–Trinajstić information content (AvgIpc) is 2.22. The molecule has 0 aromatic heterocycles. The van der Waals surface area contributed by atoms with E-state index in [-0.39, 0.29) is 11.8 Å². The fraction of sp³-hybridized carbons (Fsp3) is 0.500. The van der Waals surface area contributed by atoms with E-state index >= 15 is 0 Å². The minimum Gasteiger partial charge on any atom is -0.278 e. The average molecular weight is 155 g/mol. The van der Waals surface area contributed by atoms with Gasteiger partial charge in [-0.05, 0) is 6.92 Å². The Hall–Kier alpha value is -1.12. The minimum absolute atomic E-state index is 0.194. The highest BCUT2D eigenvalue weighted by atomic mass is 16.2. The highest BCUT2D eigenvalue weighted by Gasteiger charge is 2.23. The summed E-state index contributed by atoms with van der Waals surface area (Å²) >= 11 is 0. The van der Waals surface area contributed by atoms with Gasteiger partial charge in [0.1, 0.15) is 0 Å². The molecule has 0 aromatic carbocycles. The summed E-state index contributed by atoms with van der Waals surface area (Å²) in [5.74, 6) is -0.419. The summed E-state index contributed by atoms with van der Waals surface area (Å²) in [7, 11) is 1.47. The van der Waals surface area contributed by atoms with Crippen molar-refractivity contribution in [1.82, 2.24) is 4.90 Å². The molecule has 0 atom stereocenters.